The lowest BCUT2D eigenvalue weighted by molar-refractivity contribution is 0.0946. The number of pyridine rings is 1. The number of nitrogens with zero attached hydrogens (tertiary/aromatic N) is 1. The van der Waals surface area contributed by atoms with Crippen molar-refractivity contribution < 1.29 is 9.90 Å². The van der Waals surface area contributed by atoms with Crippen LogP contribution in [0.3, 0.4) is 0 Å². The molecule has 18 heavy (non-hydrogen) atoms. The molecule has 1 heterocycles. The van der Waals surface area contributed by atoms with Gasteiger partial charge in [-0.2, -0.15) is 0 Å². The van der Waals surface area contributed by atoms with Gasteiger partial charge in [0.1, 0.15) is 12.3 Å². The average molecular weight is 244 g/mol. The van der Waals surface area contributed by atoms with Gasteiger partial charge in [0.15, 0.2) is 0 Å². The minimum Gasteiger partial charge on any atom is -0.384 e. The van der Waals surface area contributed by atoms with E-state index in [4.69, 9.17) is 5.11 Å². The van der Waals surface area contributed by atoms with Gasteiger partial charge in [-0.05, 0) is 30.4 Å². The smallest absolute Gasteiger partial charge is 0.271 e. The number of aliphatic hydroxyl groups excluding tert-OH is 1. The van der Waals surface area contributed by atoms with Crippen LogP contribution in [0.25, 0.3) is 0 Å². The molecule has 1 fully saturated rings. The van der Waals surface area contributed by atoms with Crippen LogP contribution in [0.1, 0.15) is 29.4 Å². The highest BCUT2D eigenvalue weighted by molar-refractivity contribution is 5.94. The number of carbonyl (C=O) groups is 1. The number of hydrogen-bond acceptors (Lipinski definition) is 3. The molecule has 2 atom stereocenters. The fourth-order valence-electron chi connectivity index (χ4n) is 1.81. The van der Waals surface area contributed by atoms with Crippen molar-refractivity contribution in [1.29, 1.82) is 0 Å². The second-order valence-corrected chi connectivity index (χ2v) is 4.54. The van der Waals surface area contributed by atoms with Gasteiger partial charge in [0, 0.05) is 12.7 Å². The van der Waals surface area contributed by atoms with Crippen LogP contribution in [-0.2, 0) is 0 Å². The molecule has 2 rings (SSSR count). The first-order chi connectivity index (χ1) is 8.72. The molecule has 0 aromatic carbocycles. The second-order valence-electron chi connectivity index (χ2n) is 4.54. The maximum Gasteiger partial charge on any atom is 0.271 e. The highest BCUT2D eigenvalue weighted by Crippen LogP contribution is 2.36. The molecular formula is C14H16N2O2. The van der Waals surface area contributed by atoms with E-state index in [0.717, 1.165) is 0 Å². The van der Waals surface area contributed by atoms with E-state index in [0.29, 0.717) is 29.6 Å². The zero-order valence-corrected chi connectivity index (χ0v) is 10.3. The molecule has 1 aliphatic rings. The van der Waals surface area contributed by atoms with Crippen molar-refractivity contribution in [2.45, 2.75) is 13.3 Å². The first-order valence-corrected chi connectivity index (χ1v) is 6.05. The third-order valence-corrected chi connectivity index (χ3v) is 3.13. The maximum absolute atomic E-state index is 12.0. The normalized spacial score (nSPS) is 20.8. The Balaban J connectivity index is 2.04. The lowest BCUT2D eigenvalue weighted by Gasteiger charge is -2.05. The quantitative estimate of drug-likeness (QED) is 0.773. The van der Waals surface area contributed by atoms with E-state index in [1.54, 1.807) is 18.3 Å². The summed E-state index contributed by atoms with van der Waals surface area (Å²) < 4.78 is 0. The Morgan fingerprint density at radius 3 is 3.11 bits per heavy atom. The molecule has 1 aromatic heterocycles. The molecular weight excluding hydrogens is 228 g/mol. The maximum atomic E-state index is 12.0. The van der Waals surface area contributed by atoms with E-state index in [-0.39, 0.29) is 12.5 Å². The average Bonchev–Trinajstić information content (AvgIpc) is 3.10. The molecule has 0 saturated heterocycles. The number of aliphatic hydroxyl groups is 1. The van der Waals surface area contributed by atoms with Crippen molar-refractivity contribution in [2.24, 2.45) is 11.8 Å². The van der Waals surface area contributed by atoms with Gasteiger partial charge in [0.2, 0.25) is 0 Å². The van der Waals surface area contributed by atoms with E-state index in [9.17, 15) is 4.79 Å². The van der Waals surface area contributed by atoms with Crippen LogP contribution in [0.15, 0.2) is 18.3 Å². The van der Waals surface area contributed by atoms with Gasteiger partial charge >= 0.3 is 0 Å². The Kier molecular flexibility index (Phi) is 3.96. The largest absolute Gasteiger partial charge is 0.384 e. The van der Waals surface area contributed by atoms with Gasteiger partial charge in [-0.1, -0.05) is 18.8 Å². The minimum atomic E-state index is -0.227. The standard InChI is InChI=1S/C14H16N2O2/c1-10-8-12(10)9-16-14(18)13-11(5-3-7-17)4-2-6-15-13/h2,4,6,10,12,17H,7-9H2,1H3,(H,16,18). The summed E-state index contributed by atoms with van der Waals surface area (Å²) in [5, 5.41) is 11.6. The fraction of sp³-hybridized carbons (Fsp3) is 0.429. The van der Waals surface area contributed by atoms with Crippen molar-refractivity contribution >= 4 is 5.91 Å². The van der Waals surface area contributed by atoms with Crippen molar-refractivity contribution in [3.05, 3.63) is 29.6 Å². The van der Waals surface area contributed by atoms with Crippen LogP contribution in [-0.4, -0.2) is 29.1 Å². The lowest BCUT2D eigenvalue weighted by atomic mass is 10.2. The molecule has 1 aromatic rings. The minimum absolute atomic E-state index is 0.197. The molecule has 2 N–H and O–H groups in total. The van der Waals surface area contributed by atoms with Crippen molar-refractivity contribution in [2.75, 3.05) is 13.2 Å². The lowest BCUT2D eigenvalue weighted by Crippen LogP contribution is -2.27. The van der Waals surface area contributed by atoms with E-state index in [1.165, 1.54) is 6.42 Å². The highest BCUT2D eigenvalue weighted by atomic mass is 16.2. The number of nitrogens with one attached hydrogen (secondary N) is 1. The summed E-state index contributed by atoms with van der Waals surface area (Å²) in [5.74, 6) is 6.38. The first kappa shape index (κ1) is 12.6. The number of aromatic nitrogens is 1. The van der Waals surface area contributed by atoms with E-state index in [1.807, 2.05) is 0 Å². The van der Waals surface area contributed by atoms with Crippen LogP contribution >= 0.6 is 0 Å². The van der Waals surface area contributed by atoms with Crippen LogP contribution in [0.5, 0.6) is 0 Å². The zero-order valence-electron chi connectivity index (χ0n) is 10.3. The molecule has 1 amide bonds. The Bertz CT molecular complexity index is 502. The summed E-state index contributed by atoms with van der Waals surface area (Å²) >= 11 is 0. The molecule has 0 spiro atoms. The fourth-order valence-corrected chi connectivity index (χ4v) is 1.81. The summed E-state index contributed by atoms with van der Waals surface area (Å²) in [6.45, 7) is 2.65. The molecule has 4 heteroatoms. The predicted molar refractivity (Wildman–Crippen MR) is 67.8 cm³/mol. The van der Waals surface area contributed by atoms with Gasteiger partial charge in [-0.15, -0.1) is 0 Å². The molecule has 4 nitrogen and oxygen atoms in total. The zero-order chi connectivity index (χ0) is 13.0. The van der Waals surface area contributed by atoms with Gasteiger partial charge < -0.3 is 10.4 Å². The molecule has 2 unspecified atom stereocenters. The monoisotopic (exact) mass is 244 g/mol. The van der Waals surface area contributed by atoms with Crippen LogP contribution in [0.2, 0.25) is 0 Å². The van der Waals surface area contributed by atoms with Gasteiger partial charge in [0.05, 0.1) is 5.56 Å². The number of hydrogen-bond donors (Lipinski definition) is 2. The molecule has 0 radical (unpaired) electrons. The topological polar surface area (TPSA) is 62.2 Å². The van der Waals surface area contributed by atoms with Crippen molar-refractivity contribution in [3.63, 3.8) is 0 Å². The Hall–Kier alpha value is -1.86. The summed E-state index contributed by atoms with van der Waals surface area (Å²) in [5.41, 5.74) is 0.875. The second kappa shape index (κ2) is 5.65. The van der Waals surface area contributed by atoms with E-state index < -0.39 is 0 Å². The van der Waals surface area contributed by atoms with Crippen LogP contribution < -0.4 is 5.32 Å². The molecule has 1 aliphatic carbocycles. The molecule has 0 aliphatic heterocycles. The number of carbonyl (C=O) groups excluding carboxylic acids is 1. The van der Waals surface area contributed by atoms with Crippen LogP contribution in [0.4, 0.5) is 0 Å². The first-order valence-electron chi connectivity index (χ1n) is 6.05. The Morgan fingerprint density at radius 1 is 1.67 bits per heavy atom. The number of rotatable bonds is 3. The highest BCUT2D eigenvalue weighted by Gasteiger charge is 2.32. The predicted octanol–water partition coefficient (Wildman–Crippen LogP) is 0.811. The van der Waals surface area contributed by atoms with E-state index in [2.05, 4.69) is 29.1 Å². The van der Waals surface area contributed by atoms with Crippen LogP contribution in [0, 0.1) is 23.7 Å². The summed E-state index contributed by atoms with van der Waals surface area (Å²) in [7, 11) is 0. The van der Waals surface area contributed by atoms with Crippen molar-refractivity contribution in [1.82, 2.24) is 10.3 Å². The van der Waals surface area contributed by atoms with Gasteiger partial charge in [-0.3, -0.25) is 4.79 Å². The molecule has 1 saturated carbocycles. The molecule has 0 bridgehead atoms. The Labute approximate surface area is 106 Å². The summed E-state index contributed by atoms with van der Waals surface area (Å²) in [6, 6.07) is 3.45. The SMILES string of the molecule is CC1CC1CNC(=O)c1ncccc1C#CCO. The van der Waals surface area contributed by atoms with Gasteiger partial charge in [0.25, 0.3) is 5.91 Å². The summed E-state index contributed by atoms with van der Waals surface area (Å²) in [4.78, 5) is 16.0. The number of amides is 1. The third-order valence-electron chi connectivity index (χ3n) is 3.13. The van der Waals surface area contributed by atoms with Gasteiger partial charge in [-0.25, -0.2) is 4.98 Å². The van der Waals surface area contributed by atoms with E-state index >= 15 is 0 Å². The summed E-state index contributed by atoms with van der Waals surface area (Å²) in [6.07, 6.45) is 2.75. The van der Waals surface area contributed by atoms with Crippen molar-refractivity contribution in [3.8, 4) is 11.8 Å². The third kappa shape index (κ3) is 3.08. The Morgan fingerprint density at radius 2 is 2.44 bits per heavy atom. The molecule has 94 valence electrons.